The summed E-state index contributed by atoms with van der Waals surface area (Å²) in [5.41, 5.74) is 0.877. The number of hydrogen-bond donors (Lipinski definition) is 1. The van der Waals surface area contributed by atoms with E-state index in [1.807, 2.05) is 20.9 Å². The van der Waals surface area contributed by atoms with Crippen molar-refractivity contribution in [3.8, 4) is 0 Å². The van der Waals surface area contributed by atoms with Crippen molar-refractivity contribution >= 4 is 21.6 Å². The van der Waals surface area contributed by atoms with Crippen LogP contribution in [-0.4, -0.2) is 12.0 Å². The highest BCUT2D eigenvalue weighted by Gasteiger charge is 2.22. The molecular weight excluding hydrogens is 260 g/mol. The van der Waals surface area contributed by atoms with Gasteiger partial charge in [-0.05, 0) is 32.5 Å². The fourth-order valence-electron chi connectivity index (χ4n) is 1.26. The van der Waals surface area contributed by atoms with Gasteiger partial charge in [0.15, 0.2) is 0 Å². The van der Waals surface area contributed by atoms with E-state index >= 15 is 0 Å². The largest absolute Gasteiger partial charge is 0.311 e. The molecule has 0 saturated carbocycles. The molecule has 0 radical (unpaired) electrons. The Hall–Kier alpha value is -0.940. The summed E-state index contributed by atoms with van der Waals surface area (Å²) in [4.78, 5) is 10.2. The van der Waals surface area contributed by atoms with Gasteiger partial charge in [0, 0.05) is 22.1 Å². The standard InChI is InChI=1S/C10H13BrN2O2/c1-10(2,12-3)8-5-4-7(13(14)15)6-9(8)11/h4-6,12H,1-3H3. The Morgan fingerprint density at radius 1 is 1.47 bits per heavy atom. The van der Waals surface area contributed by atoms with Gasteiger partial charge in [0.25, 0.3) is 5.69 Å². The van der Waals surface area contributed by atoms with Crippen molar-refractivity contribution < 1.29 is 4.92 Å². The van der Waals surface area contributed by atoms with Crippen LogP contribution in [-0.2, 0) is 5.54 Å². The van der Waals surface area contributed by atoms with Gasteiger partial charge in [-0.1, -0.05) is 15.9 Å². The number of halogens is 1. The van der Waals surface area contributed by atoms with Crippen LogP contribution in [0.2, 0.25) is 0 Å². The van der Waals surface area contributed by atoms with Gasteiger partial charge in [-0.3, -0.25) is 10.1 Å². The Labute approximate surface area is 97.0 Å². The first kappa shape index (κ1) is 12.1. The van der Waals surface area contributed by atoms with Gasteiger partial charge in [0.1, 0.15) is 0 Å². The molecule has 0 aliphatic heterocycles. The van der Waals surface area contributed by atoms with Crippen LogP contribution in [0.1, 0.15) is 19.4 Å². The first-order valence-corrected chi connectivity index (χ1v) is 5.31. The van der Waals surface area contributed by atoms with Crippen molar-refractivity contribution in [3.05, 3.63) is 38.3 Å². The highest BCUT2D eigenvalue weighted by atomic mass is 79.9. The summed E-state index contributed by atoms with van der Waals surface area (Å²) in [5.74, 6) is 0. The third-order valence-electron chi connectivity index (χ3n) is 2.46. The van der Waals surface area contributed by atoms with Crippen LogP contribution in [0.3, 0.4) is 0 Å². The van der Waals surface area contributed by atoms with E-state index in [1.165, 1.54) is 12.1 Å². The van der Waals surface area contributed by atoms with E-state index in [2.05, 4.69) is 21.2 Å². The summed E-state index contributed by atoms with van der Waals surface area (Å²) in [6.07, 6.45) is 0. The van der Waals surface area contributed by atoms with Crippen molar-refractivity contribution in [2.24, 2.45) is 0 Å². The summed E-state index contributed by atoms with van der Waals surface area (Å²) in [7, 11) is 1.86. The molecule has 1 N–H and O–H groups in total. The maximum atomic E-state index is 10.6. The van der Waals surface area contributed by atoms with Crippen LogP contribution in [0.25, 0.3) is 0 Å². The van der Waals surface area contributed by atoms with Gasteiger partial charge in [0.2, 0.25) is 0 Å². The van der Waals surface area contributed by atoms with Gasteiger partial charge < -0.3 is 5.32 Å². The second-order valence-electron chi connectivity index (χ2n) is 3.80. The lowest BCUT2D eigenvalue weighted by molar-refractivity contribution is -0.384. The van der Waals surface area contributed by atoms with Crippen molar-refractivity contribution in [3.63, 3.8) is 0 Å². The Morgan fingerprint density at radius 3 is 2.47 bits per heavy atom. The van der Waals surface area contributed by atoms with Gasteiger partial charge in [-0.15, -0.1) is 0 Å². The van der Waals surface area contributed by atoms with E-state index in [4.69, 9.17) is 0 Å². The zero-order valence-electron chi connectivity index (χ0n) is 8.87. The molecule has 1 rings (SSSR count). The van der Waals surface area contributed by atoms with E-state index in [9.17, 15) is 10.1 Å². The van der Waals surface area contributed by atoms with E-state index in [0.29, 0.717) is 0 Å². The minimum absolute atomic E-state index is 0.0949. The third kappa shape index (κ3) is 2.54. The second-order valence-corrected chi connectivity index (χ2v) is 4.65. The van der Waals surface area contributed by atoms with Crippen molar-refractivity contribution in [2.75, 3.05) is 7.05 Å². The van der Waals surface area contributed by atoms with E-state index < -0.39 is 4.92 Å². The fourth-order valence-corrected chi connectivity index (χ4v) is 2.12. The summed E-state index contributed by atoms with van der Waals surface area (Å²) >= 11 is 3.35. The molecule has 0 unspecified atom stereocenters. The molecule has 0 fully saturated rings. The molecular formula is C10H13BrN2O2. The van der Waals surface area contributed by atoms with Crippen molar-refractivity contribution in [2.45, 2.75) is 19.4 Å². The van der Waals surface area contributed by atoms with Crippen LogP contribution in [0.5, 0.6) is 0 Å². The predicted octanol–water partition coefficient (Wildman–Crippen LogP) is 2.81. The van der Waals surface area contributed by atoms with Gasteiger partial charge in [-0.2, -0.15) is 0 Å². The zero-order valence-corrected chi connectivity index (χ0v) is 10.5. The van der Waals surface area contributed by atoms with Crippen LogP contribution in [0.4, 0.5) is 5.69 Å². The molecule has 0 spiro atoms. The summed E-state index contributed by atoms with van der Waals surface area (Å²) in [6, 6.07) is 4.80. The average Bonchev–Trinajstić information content (AvgIpc) is 2.17. The maximum Gasteiger partial charge on any atom is 0.270 e. The number of nitro groups is 1. The molecule has 4 nitrogen and oxygen atoms in total. The van der Waals surface area contributed by atoms with Crippen LogP contribution >= 0.6 is 15.9 Å². The number of nitrogens with zero attached hydrogens (tertiary/aromatic N) is 1. The quantitative estimate of drug-likeness (QED) is 0.680. The van der Waals surface area contributed by atoms with Gasteiger partial charge in [-0.25, -0.2) is 0 Å². The average molecular weight is 273 g/mol. The number of nitro benzene ring substituents is 1. The van der Waals surface area contributed by atoms with E-state index in [1.54, 1.807) is 6.07 Å². The predicted molar refractivity (Wildman–Crippen MR) is 62.9 cm³/mol. The molecule has 0 aliphatic carbocycles. The first-order valence-electron chi connectivity index (χ1n) is 4.52. The number of non-ortho nitro benzene ring substituents is 1. The third-order valence-corrected chi connectivity index (χ3v) is 3.12. The number of benzene rings is 1. The fraction of sp³-hybridized carbons (Fsp3) is 0.400. The molecule has 1 aromatic carbocycles. The van der Waals surface area contributed by atoms with Crippen LogP contribution < -0.4 is 5.32 Å². The molecule has 0 saturated heterocycles. The highest BCUT2D eigenvalue weighted by molar-refractivity contribution is 9.10. The van der Waals surface area contributed by atoms with Crippen molar-refractivity contribution in [1.29, 1.82) is 0 Å². The second kappa shape index (κ2) is 4.28. The molecule has 15 heavy (non-hydrogen) atoms. The smallest absolute Gasteiger partial charge is 0.270 e. The van der Waals surface area contributed by atoms with Gasteiger partial charge in [0.05, 0.1) is 4.92 Å². The molecule has 0 aromatic heterocycles. The molecule has 0 bridgehead atoms. The lowest BCUT2D eigenvalue weighted by Crippen LogP contribution is -2.33. The lowest BCUT2D eigenvalue weighted by atomic mass is 9.94. The number of hydrogen-bond acceptors (Lipinski definition) is 3. The summed E-state index contributed by atoms with van der Waals surface area (Å²) < 4.78 is 0.746. The topological polar surface area (TPSA) is 55.2 Å². The molecule has 1 aromatic rings. The molecule has 0 atom stereocenters. The summed E-state index contributed by atoms with van der Waals surface area (Å²) in [5, 5.41) is 13.7. The van der Waals surface area contributed by atoms with Crippen LogP contribution in [0.15, 0.2) is 22.7 Å². The Balaban J connectivity index is 3.19. The molecule has 0 aliphatic rings. The normalized spacial score (nSPS) is 11.5. The minimum Gasteiger partial charge on any atom is -0.311 e. The maximum absolute atomic E-state index is 10.6. The Morgan fingerprint density at radius 2 is 2.07 bits per heavy atom. The van der Waals surface area contributed by atoms with E-state index in [-0.39, 0.29) is 11.2 Å². The molecule has 0 amide bonds. The zero-order chi connectivity index (χ0) is 11.6. The van der Waals surface area contributed by atoms with E-state index in [0.717, 1.165) is 10.0 Å². The van der Waals surface area contributed by atoms with Crippen LogP contribution in [0, 0.1) is 10.1 Å². The highest BCUT2D eigenvalue weighted by Crippen LogP contribution is 2.30. The Kier molecular flexibility index (Phi) is 3.46. The Bertz CT molecular complexity index is 391. The molecule has 82 valence electrons. The lowest BCUT2D eigenvalue weighted by Gasteiger charge is -2.25. The monoisotopic (exact) mass is 272 g/mol. The molecule has 0 heterocycles. The van der Waals surface area contributed by atoms with Crippen molar-refractivity contribution in [1.82, 2.24) is 5.32 Å². The summed E-state index contributed by atoms with van der Waals surface area (Å²) in [6.45, 7) is 4.03. The SMILES string of the molecule is CNC(C)(C)c1ccc([N+](=O)[O-])cc1Br. The first-order chi connectivity index (χ1) is 6.88. The van der Waals surface area contributed by atoms with Gasteiger partial charge >= 0.3 is 0 Å². The minimum atomic E-state index is -0.402. The molecule has 5 heteroatoms. The number of nitrogens with one attached hydrogen (secondary N) is 1. The number of rotatable bonds is 3.